The molecule has 122 valence electrons. The maximum atomic E-state index is 12.3. The van der Waals surface area contributed by atoms with Crippen LogP contribution >= 0.6 is 0 Å². The van der Waals surface area contributed by atoms with Crippen LogP contribution in [0.25, 0.3) is 0 Å². The summed E-state index contributed by atoms with van der Waals surface area (Å²) in [5.41, 5.74) is 0. The number of piperidine rings is 1. The van der Waals surface area contributed by atoms with Crippen LogP contribution in [0.5, 0.6) is 0 Å². The number of ether oxygens (including phenoxy) is 1. The van der Waals surface area contributed by atoms with Gasteiger partial charge in [-0.3, -0.25) is 14.5 Å². The molecule has 0 radical (unpaired) electrons. The highest BCUT2D eigenvalue weighted by molar-refractivity contribution is 5.81. The van der Waals surface area contributed by atoms with Crippen LogP contribution in [0.3, 0.4) is 0 Å². The van der Waals surface area contributed by atoms with E-state index in [2.05, 4.69) is 24.1 Å². The van der Waals surface area contributed by atoms with Gasteiger partial charge in [0.15, 0.2) is 0 Å². The monoisotopic (exact) mass is 298 g/mol. The molecule has 1 amide bonds. The van der Waals surface area contributed by atoms with Gasteiger partial charge in [-0.15, -0.1) is 0 Å². The predicted octanol–water partition coefficient (Wildman–Crippen LogP) is 1.95. The molecule has 0 saturated carbocycles. The van der Waals surface area contributed by atoms with Gasteiger partial charge in [0.25, 0.3) is 0 Å². The summed E-state index contributed by atoms with van der Waals surface area (Å²) in [6.45, 7) is 9.81. The Morgan fingerprint density at radius 2 is 1.95 bits per heavy atom. The van der Waals surface area contributed by atoms with Crippen LogP contribution in [-0.2, 0) is 14.3 Å². The summed E-state index contributed by atoms with van der Waals surface area (Å²) in [6, 6.07) is 0.0495. The maximum Gasteiger partial charge on any atom is 0.310 e. The number of rotatable bonds is 7. The van der Waals surface area contributed by atoms with E-state index in [1.54, 1.807) is 0 Å². The second-order valence-electron chi connectivity index (χ2n) is 5.78. The average Bonchev–Trinajstić information content (AvgIpc) is 2.51. The Hall–Kier alpha value is -1.10. The summed E-state index contributed by atoms with van der Waals surface area (Å²) < 4.78 is 5.10. The second kappa shape index (κ2) is 9.03. The Morgan fingerprint density at radius 1 is 1.29 bits per heavy atom. The quantitative estimate of drug-likeness (QED) is 0.730. The number of carbonyl (C=O) groups is 2. The SMILES string of the molecule is CCOC(=O)C1CCCN(C(C)C(=O)NC(CC)CC)C1. The van der Waals surface area contributed by atoms with Crippen LogP contribution in [0.1, 0.15) is 53.4 Å². The molecule has 1 aliphatic rings. The molecule has 0 bridgehead atoms. The van der Waals surface area contributed by atoms with Crippen LogP contribution in [0.4, 0.5) is 0 Å². The molecule has 1 heterocycles. The van der Waals surface area contributed by atoms with Crippen molar-refractivity contribution in [3.05, 3.63) is 0 Å². The third-order valence-electron chi connectivity index (χ3n) is 4.33. The Bertz CT molecular complexity index is 342. The van der Waals surface area contributed by atoms with E-state index < -0.39 is 0 Å². The van der Waals surface area contributed by atoms with Crippen molar-refractivity contribution < 1.29 is 14.3 Å². The first kappa shape index (κ1) is 18.0. The van der Waals surface area contributed by atoms with Gasteiger partial charge in [0, 0.05) is 12.6 Å². The lowest BCUT2D eigenvalue weighted by Crippen LogP contribution is -2.52. The van der Waals surface area contributed by atoms with Crippen molar-refractivity contribution in [3.63, 3.8) is 0 Å². The van der Waals surface area contributed by atoms with Gasteiger partial charge >= 0.3 is 5.97 Å². The number of hydrogen-bond acceptors (Lipinski definition) is 4. The molecular weight excluding hydrogens is 268 g/mol. The molecule has 5 nitrogen and oxygen atoms in total. The lowest BCUT2D eigenvalue weighted by atomic mass is 9.96. The van der Waals surface area contributed by atoms with Gasteiger partial charge in [-0.2, -0.15) is 0 Å². The normalized spacial score (nSPS) is 21.1. The van der Waals surface area contributed by atoms with Crippen molar-refractivity contribution in [2.24, 2.45) is 5.92 Å². The third-order valence-corrected chi connectivity index (χ3v) is 4.33. The van der Waals surface area contributed by atoms with Crippen molar-refractivity contribution in [2.75, 3.05) is 19.7 Å². The first-order valence-electron chi connectivity index (χ1n) is 8.24. The molecule has 21 heavy (non-hydrogen) atoms. The lowest BCUT2D eigenvalue weighted by Gasteiger charge is -2.35. The van der Waals surface area contributed by atoms with E-state index in [-0.39, 0.29) is 29.9 Å². The Morgan fingerprint density at radius 3 is 2.52 bits per heavy atom. The van der Waals surface area contributed by atoms with E-state index >= 15 is 0 Å². The highest BCUT2D eigenvalue weighted by Gasteiger charge is 2.31. The van der Waals surface area contributed by atoms with Crippen molar-refractivity contribution in [1.29, 1.82) is 0 Å². The molecule has 0 aromatic rings. The van der Waals surface area contributed by atoms with Gasteiger partial charge < -0.3 is 10.1 Å². The first-order valence-corrected chi connectivity index (χ1v) is 8.24. The molecule has 5 heteroatoms. The van der Waals surface area contributed by atoms with Gasteiger partial charge in [0.05, 0.1) is 18.6 Å². The van der Waals surface area contributed by atoms with Crippen LogP contribution in [0, 0.1) is 5.92 Å². The van der Waals surface area contributed by atoms with E-state index in [1.807, 2.05) is 13.8 Å². The van der Waals surface area contributed by atoms with Crippen LogP contribution < -0.4 is 5.32 Å². The van der Waals surface area contributed by atoms with Gasteiger partial charge in [0.1, 0.15) is 0 Å². The molecule has 1 fully saturated rings. The van der Waals surface area contributed by atoms with Gasteiger partial charge in [0.2, 0.25) is 5.91 Å². The van der Waals surface area contributed by atoms with E-state index in [1.165, 1.54) is 0 Å². The molecular formula is C16H30N2O3. The molecule has 1 saturated heterocycles. The Labute approximate surface area is 128 Å². The number of nitrogens with zero attached hydrogens (tertiary/aromatic N) is 1. The van der Waals surface area contributed by atoms with E-state index in [0.717, 1.165) is 32.2 Å². The first-order chi connectivity index (χ1) is 10.0. The van der Waals surface area contributed by atoms with Crippen molar-refractivity contribution in [3.8, 4) is 0 Å². The summed E-state index contributed by atoms with van der Waals surface area (Å²) in [4.78, 5) is 26.3. The summed E-state index contributed by atoms with van der Waals surface area (Å²) in [7, 11) is 0. The highest BCUT2D eigenvalue weighted by Crippen LogP contribution is 2.20. The lowest BCUT2D eigenvalue weighted by molar-refractivity contribution is -0.151. The number of likely N-dealkylation sites (tertiary alicyclic amines) is 1. The standard InChI is InChI=1S/C16H30N2O3/c1-5-14(6-2)17-15(19)12(4)18-10-8-9-13(11-18)16(20)21-7-3/h12-14H,5-11H2,1-4H3,(H,17,19). The average molecular weight is 298 g/mol. The summed E-state index contributed by atoms with van der Waals surface area (Å²) in [5.74, 6) is -0.162. The fraction of sp³-hybridized carbons (Fsp3) is 0.875. The minimum atomic E-state index is -0.192. The predicted molar refractivity (Wildman–Crippen MR) is 82.9 cm³/mol. The molecule has 0 spiro atoms. The van der Waals surface area contributed by atoms with E-state index in [4.69, 9.17) is 4.74 Å². The smallest absolute Gasteiger partial charge is 0.310 e. The van der Waals surface area contributed by atoms with E-state index in [9.17, 15) is 9.59 Å². The number of nitrogens with one attached hydrogen (secondary N) is 1. The zero-order valence-corrected chi connectivity index (χ0v) is 13.9. The molecule has 0 aromatic carbocycles. The molecule has 2 atom stereocenters. The number of esters is 1. The fourth-order valence-corrected chi connectivity index (χ4v) is 2.79. The molecule has 0 aromatic heterocycles. The molecule has 1 aliphatic heterocycles. The van der Waals surface area contributed by atoms with Gasteiger partial charge in [-0.1, -0.05) is 13.8 Å². The number of hydrogen-bond donors (Lipinski definition) is 1. The number of carbonyl (C=O) groups excluding carboxylic acids is 2. The molecule has 1 rings (SSSR count). The Balaban J connectivity index is 2.54. The van der Waals surface area contributed by atoms with Gasteiger partial charge in [-0.25, -0.2) is 0 Å². The van der Waals surface area contributed by atoms with Crippen LogP contribution in [-0.4, -0.2) is 48.6 Å². The minimum Gasteiger partial charge on any atom is -0.466 e. The zero-order valence-electron chi connectivity index (χ0n) is 13.9. The van der Waals surface area contributed by atoms with Crippen LogP contribution in [0.2, 0.25) is 0 Å². The summed E-state index contributed by atoms with van der Waals surface area (Å²) >= 11 is 0. The van der Waals surface area contributed by atoms with Crippen LogP contribution in [0.15, 0.2) is 0 Å². The Kier molecular flexibility index (Phi) is 7.72. The molecule has 0 aliphatic carbocycles. The van der Waals surface area contributed by atoms with Gasteiger partial charge in [-0.05, 0) is 46.1 Å². The van der Waals surface area contributed by atoms with Crippen molar-refractivity contribution >= 4 is 11.9 Å². The van der Waals surface area contributed by atoms with Crippen molar-refractivity contribution in [1.82, 2.24) is 10.2 Å². The number of amides is 1. The summed E-state index contributed by atoms with van der Waals surface area (Å²) in [6.07, 6.45) is 3.68. The second-order valence-corrected chi connectivity index (χ2v) is 5.78. The maximum absolute atomic E-state index is 12.3. The topological polar surface area (TPSA) is 58.6 Å². The zero-order chi connectivity index (χ0) is 15.8. The largest absolute Gasteiger partial charge is 0.466 e. The van der Waals surface area contributed by atoms with E-state index in [0.29, 0.717) is 13.2 Å². The highest BCUT2D eigenvalue weighted by atomic mass is 16.5. The fourth-order valence-electron chi connectivity index (χ4n) is 2.79. The summed E-state index contributed by atoms with van der Waals surface area (Å²) in [5, 5.41) is 3.09. The molecule has 2 unspecified atom stereocenters. The third kappa shape index (κ3) is 5.30. The molecule has 1 N–H and O–H groups in total. The van der Waals surface area contributed by atoms with Crippen molar-refractivity contribution in [2.45, 2.75) is 65.5 Å². The minimum absolute atomic E-state index is 0.0632.